The summed E-state index contributed by atoms with van der Waals surface area (Å²) in [6.07, 6.45) is 1.42. The Bertz CT molecular complexity index is 789. The summed E-state index contributed by atoms with van der Waals surface area (Å²) in [4.78, 5) is 25.2. The highest BCUT2D eigenvalue weighted by atomic mass is 16.5. The van der Waals surface area contributed by atoms with Crippen LogP contribution in [0.5, 0.6) is 5.75 Å². The Hall–Kier alpha value is -2.76. The maximum Gasteiger partial charge on any atom is 0.287 e. The highest BCUT2D eigenvalue weighted by Crippen LogP contribution is 2.31. The first-order valence-electron chi connectivity index (χ1n) is 8.97. The van der Waals surface area contributed by atoms with E-state index in [4.69, 9.17) is 9.15 Å². The van der Waals surface area contributed by atoms with E-state index in [1.54, 1.807) is 19.2 Å². The highest BCUT2D eigenvalue weighted by molar-refractivity contribution is 6.01. The Kier molecular flexibility index (Phi) is 6.31. The molecule has 146 valence electrons. The summed E-state index contributed by atoms with van der Waals surface area (Å²) in [6.45, 7) is 10.0. The monoisotopic (exact) mass is 372 g/mol. The minimum Gasteiger partial charge on any atom is -0.495 e. The Morgan fingerprint density at radius 3 is 2.37 bits per heavy atom. The lowest BCUT2D eigenvalue weighted by molar-refractivity contribution is -0.118. The predicted octanol–water partition coefficient (Wildman–Crippen LogP) is 3.98. The molecule has 0 fully saturated rings. The second kappa shape index (κ2) is 8.29. The number of carbonyl (C=O) groups excluding carboxylic acids is 2. The smallest absolute Gasteiger partial charge is 0.287 e. The van der Waals surface area contributed by atoms with E-state index in [-0.39, 0.29) is 23.0 Å². The van der Waals surface area contributed by atoms with Gasteiger partial charge in [0.05, 0.1) is 19.1 Å². The van der Waals surface area contributed by atoms with Crippen molar-refractivity contribution >= 4 is 17.5 Å². The van der Waals surface area contributed by atoms with Gasteiger partial charge in [0.25, 0.3) is 5.91 Å². The number of furan rings is 1. The second-order valence-electron chi connectivity index (χ2n) is 7.83. The number of anilines is 1. The van der Waals surface area contributed by atoms with E-state index in [1.807, 2.05) is 32.0 Å². The lowest BCUT2D eigenvalue weighted by Crippen LogP contribution is -2.47. The van der Waals surface area contributed by atoms with Crippen LogP contribution in [0.15, 0.2) is 41.0 Å². The molecule has 0 saturated carbocycles. The molecule has 0 aliphatic heterocycles. The third kappa shape index (κ3) is 5.12. The van der Waals surface area contributed by atoms with E-state index in [0.29, 0.717) is 11.4 Å². The van der Waals surface area contributed by atoms with Crippen LogP contribution in [0.25, 0.3) is 0 Å². The molecule has 0 radical (unpaired) electrons. The zero-order chi connectivity index (χ0) is 20.2. The van der Waals surface area contributed by atoms with Gasteiger partial charge in [-0.15, -0.1) is 0 Å². The molecule has 2 rings (SSSR count). The van der Waals surface area contributed by atoms with Gasteiger partial charge >= 0.3 is 0 Å². The maximum absolute atomic E-state index is 12.9. The van der Waals surface area contributed by atoms with E-state index >= 15 is 0 Å². The van der Waals surface area contributed by atoms with Gasteiger partial charge < -0.3 is 19.8 Å². The van der Waals surface area contributed by atoms with Crippen LogP contribution in [0.1, 0.15) is 50.7 Å². The molecule has 0 bridgehead atoms. The number of methoxy groups -OCH3 is 1. The molecule has 0 aliphatic carbocycles. The lowest BCUT2D eigenvalue weighted by atomic mass is 9.86. The minimum atomic E-state index is -0.717. The molecule has 2 aromatic rings. The van der Waals surface area contributed by atoms with Crippen LogP contribution >= 0.6 is 0 Å². The Morgan fingerprint density at radius 1 is 1.15 bits per heavy atom. The van der Waals surface area contributed by atoms with Crippen molar-refractivity contribution in [1.82, 2.24) is 5.32 Å². The molecule has 0 aliphatic rings. The molecular formula is C21H28N2O4. The first kappa shape index (κ1) is 20.6. The van der Waals surface area contributed by atoms with Crippen molar-refractivity contribution in [2.24, 2.45) is 5.92 Å². The first-order valence-corrected chi connectivity index (χ1v) is 8.97. The number of hydrogen-bond donors (Lipinski definition) is 2. The van der Waals surface area contributed by atoms with Gasteiger partial charge in [0, 0.05) is 0 Å². The molecule has 6 nitrogen and oxygen atoms in total. The summed E-state index contributed by atoms with van der Waals surface area (Å²) in [5.74, 6) is -0.115. The average molecular weight is 372 g/mol. The fourth-order valence-corrected chi connectivity index (χ4v) is 2.64. The van der Waals surface area contributed by atoms with Gasteiger partial charge in [-0.2, -0.15) is 0 Å². The maximum atomic E-state index is 12.9. The molecular weight excluding hydrogens is 344 g/mol. The summed E-state index contributed by atoms with van der Waals surface area (Å²) in [5, 5.41) is 5.63. The van der Waals surface area contributed by atoms with E-state index < -0.39 is 11.9 Å². The standard InChI is InChI=1S/C21H28N2O4/c1-13(2)18(23-19(24)17-8-7-11-27-17)20(25)22-15-12-14(21(3,4)5)9-10-16(15)26-6/h7-13,18H,1-6H3,(H,22,25)(H,23,24). The molecule has 2 amide bonds. The molecule has 27 heavy (non-hydrogen) atoms. The van der Waals surface area contributed by atoms with Gasteiger partial charge in [-0.05, 0) is 41.2 Å². The molecule has 6 heteroatoms. The normalized spacial score (nSPS) is 12.6. The van der Waals surface area contributed by atoms with Gasteiger partial charge in [-0.1, -0.05) is 40.7 Å². The summed E-state index contributed by atoms with van der Waals surface area (Å²) < 4.78 is 10.5. The van der Waals surface area contributed by atoms with Gasteiger partial charge in [0.15, 0.2) is 5.76 Å². The number of ether oxygens (including phenoxy) is 1. The number of benzene rings is 1. The van der Waals surface area contributed by atoms with Crippen LogP contribution in [-0.4, -0.2) is 25.0 Å². The molecule has 0 saturated heterocycles. The zero-order valence-electron chi connectivity index (χ0n) is 16.8. The Morgan fingerprint density at radius 2 is 1.85 bits per heavy atom. The quantitative estimate of drug-likeness (QED) is 0.804. The Labute approximate surface area is 160 Å². The second-order valence-corrected chi connectivity index (χ2v) is 7.83. The Balaban J connectivity index is 2.23. The average Bonchev–Trinajstić information content (AvgIpc) is 3.12. The summed E-state index contributed by atoms with van der Waals surface area (Å²) in [5.41, 5.74) is 1.57. The number of nitrogens with one attached hydrogen (secondary N) is 2. The highest BCUT2D eigenvalue weighted by Gasteiger charge is 2.27. The van der Waals surface area contributed by atoms with Crippen molar-refractivity contribution in [2.45, 2.75) is 46.1 Å². The van der Waals surface area contributed by atoms with Crippen LogP contribution < -0.4 is 15.4 Å². The molecule has 2 N–H and O–H groups in total. The van der Waals surface area contributed by atoms with Crippen LogP contribution in [0.3, 0.4) is 0 Å². The lowest BCUT2D eigenvalue weighted by Gasteiger charge is -2.24. The molecule has 0 spiro atoms. The fraction of sp³-hybridized carbons (Fsp3) is 0.429. The minimum absolute atomic E-state index is 0.0727. The van der Waals surface area contributed by atoms with Crippen LogP contribution in [0.2, 0.25) is 0 Å². The van der Waals surface area contributed by atoms with Crippen LogP contribution in [0.4, 0.5) is 5.69 Å². The zero-order valence-corrected chi connectivity index (χ0v) is 16.8. The summed E-state index contributed by atoms with van der Waals surface area (Å²) in [6, 6.07) is 8.19. The van der Waals surface area contributed by atoms with Gasteiger partial charge in [0.2, 0.25) is 5.91 Å². The number of hydrogen-bond acceptors (Lipinski definition) is 4. The predicted molar refractivity (Wildman–Crippen MR) is 105 cm³/mol. The third-order valence-electron chi connectivity index (χ3n) is 4.30. The fourth-order valence-electron chi connectivity index (χ4n) is 2.64. The van der Waals surface area contributed by atoms with Crippen molar-refractivity contribution in [3.05, 3.63) is 47.9 Å². The van der Waals surface area contributed by atoms with E-state index in [1.165, 1.54) is 6.26 Å². The van der Waals surface area contributed by atoms with E-state index in [2.05, 4.69) is 31.4 Å². The van der Waals surface area contributed by atoms with Crippen LogP contribution in [-0.2, 0) is 10.2 Å². The molecule has 1 unspecified atom stereocenters. The van der Waals surface area contributed by atoms with Gasteiger partial charge in [-0.3, -0.25) is 9.59 Å². The SMILES string of the molecule is COc1ccc(C(C)(C)C)cc1NC(=O)C(NC(=O)c1ccco1)C(C)C. The molecule has 1 atom stereocenters. The van der Waals surface area contributed by atoms with E-state index in [9.17, 15) is 9.59 Å². The van der Waals surface area contributed by atoms with Crippen molar-refractivity contribution in [3.63, 3.8) is 0 Å². The van der Waals surface area contributed by atoms with Crippen LogP contribution in [0, 0.1) is 5.92 Å². The summed E-state index contributed by atoms with van der Waals surface area (Å²) in [7, 11) is 1.56. The number of rotatable bonds is 6. The largest absolute Gasteiger partial charge is 0.495 e. The number of amides is 2. The van der Waals surface area contributed by atoms with Crippen molar-refractivity contribution in [3.8, 4) is 5.75 Å². The van der Waals surface area contributed by atoms with Crippen molar-refractivity contribution in [1.29, 1.82) is 0 Å². The molecule has 1 heterocycles. The van der Waals surface area contributed by atoms with Crippen molar-refractivity contribution in [2.75, 3.05) is 12.4 Å². The van der Waals surface area contributed by atoms with Gasteiger partial charge in [0.1, 0.15) is 11.8 Å². The topological polar surface area (TPSA) is 80.6 Å². The van der Waals surface area contributed by atoms with Crippen molar-refractivity contribution < 1.29 is 18.7 Å². The number of carbonyl (C=O) groups is 2. The van der Waals surface area contributed by atoms with E-state index in [0.717, 1.165) is 5.56 Å². The molecule has 1 aromatic carbocycles. The van der Waals surface area contributed by atoms with Gasteiger partial charge in [-0.25, -0.2) is 0 Å². The third-order valence-corrected chi connectivity index (χ3v) is 4.30. The first-order chi connectivity index (χ1) is 12.6. The summed E-state index contributed by atoms with van der Waals surface area (Å²) >= 11 is 0. The molecule has 1 aromatic heterocycles.